The van der Waals surface area contributed by atoms with E-state index >= 15 is 0 Å². The molecule has 0 aliphatic heterocycles. The number of rotatable bonds is 3. The fourth-order valence-corrected chi connectivity index (χ4v) is 2.87. The van der Waals surface area contributed by atoms with Gasteiger partial charge in [-0.3, -0.25) is 4.79 Å². The van der Waals surface area contributed by atoms with Crippen LogP contribution in [0.5, 0.6) is 0 Å². The van der Waals surface area contributed by atoms with Crippen LogP contribution in [-0.2, 0) is 0 Å². The average molecular weight is 312 g/mol. The zero-order chi connectivity index (χ0) is 15.6. The van der Waals surface area contributed by atoms with E-state index in [1.807, 2.05) is 0 Å². The van der Waals surface area contributed by atoms with Gasteiger partial charge in [0.2, 0.25) is 0 Å². The van der Waals surface area contributed by atoms with Crippen molar-refractivity contribution >= 4 is 23.1 Å². The van der Waals surface area contributed by atoms with E-state index in [1.54, 1.807) is 0 Å². The monoisotopic (exact) mass is 312 g/mol. The van der Waals surface area contributed by atoms with Crippen LogP contribution >= 0.6 is 12.2 Å². The number of carbonyl (C=O) groups excluding carboxylic acids is 1. The summed E-state index contributed by atoms with van der Waals surface area (Å²) in [5.74, 6) is -1.96. The molecule has 3 nitrogen and oxygen atoms in total. The molecule has 0 saturated heterocycles. The molecule has 0 aromatic heterocycles. The zero-order valence-corrected chi connectivity index (χ0v) is 12.6. The fraction of sp³-hybridized carbons (Fsp3) is 0.467. The molecule has 0 radical (unpaired) electrons. The van der Waals surface area contributed by atoms with E-state index in [9.17, 15) is 13.6 Å². The predicted octanol–water partition coefficient (Wildman–Crippen LogP) is 2.93. The number of hydrogen-bond acceptors (Lipinski definition) is 2. The highest BCUT2D eigenvalue weighted by molar-refractivity contribution is 7.80. The summed E-state index contributed by atoms with van der Waals surface area (Å²) in [6.07, 6.45) is 3.16. The van der Waals surface area contributed by atoms with Crippen molar-refractivity contribution in [2.24, 2.45) is 11.7 Å². The summed E-state index contributed by atoms with van der Waals surface area (Å²) in [7, 11) is 0. The molecule has 0 bridgehead atoms. The third kappa shape index (κ3) is 3.37. The quantitative estimate of drug-likeness (QED) is 0.844. The van der Waals surface area contributed by atoms with E-state index in [-0.39, 0.29) is 10.6 Å². The molecule has 1 aliphatic carbocycles. The van der Waals surface area contributed by atoms with Crippen LogP contribution in [-0.4, -0.2) is 16.4 Å². The third-order valence-electron chi connectivity index (χ3n) is 4.13. The van der Waals surface area contributed by atoms with Gasteiger partial charge in [-0.05, 0) is 49.8 Å². The largest absolute Gasteiger partial charge is 0.391 e. The number of nitrogens with two attached hydrogens (primary N) is 1. The Morgan fingerprint density at radius 2 is 1.95 bits per heavy atom. The SMILES string of the molecule is CC1CCC(NC(=O)c2ccc(F)c(F)c2)(C(N)=S)CC1. The van der Waals surface area contributed by atoms with E-state index in [1.165, 1.54) is 6.07 Å². The third-order valence-corrected chi connectivity index (χ3v) is 4.52. The highest BCUT2D eigenvalue weighted by Crippen LogP contribution is 2.32. The van der Waals surface area contributed by atoms with Gasteiger partial charge in [-0.15, -0.1) is 0 Å². The molecule has 0 unspecified atom stereocenters. The minimum atomic E-state index is -1.05. The number of nitrogens with one attached hydrogen (secondary N) is 1. The molecule has 6 heteroatoms. The molecule has 1 amide bonds. The van der Waals surface area contributed by atoms with Crippen LogP contribution in [0.25, 0.3) is 0 Å². The van der Waals surface area contributed by atoms with Crippen molar-refractivity contribution in [3.8, 4) is 0 Å². The first-order chi connectivity index (χ1) is 9.84. The number of hydrogen-bond donors (Lipinski definition) is 2. The lowest BCUT2D eigenvalue weighted by molar-refractivity contribution is 0.0900. The van der Waals surface area contributed by atoms with Gasteiger partial charge in [-0.2, -0.15) is 0 Å². The van der Waals surface area contributed by atoms with E-state index in [0.717, 1.165) is 25.0 Å². The first kappa shape index (κ1) is 15.8. The average Bonchev–Trinajstić information content (AvgIpc) is 2.44. The van der Waals surface area contributed by atoms with Crippen molar-refractivity contribution in [3.63, 3.8) is 0 Å². The van der Waals surface area contributed by atoms with Crippen LogP contribution in [0.4, 0.5) is 8.78 Å². The van der Waals surface area contributed by atoms with E-state index in [0.29, 0.717) is 18.8 Å². The van der Waals surface area contributed by atoms with Gasteiger partial charge in [0.25, 0.3) is 5.91 Å². The standard InChI is InChI=1S/C15H18F2N2OS/c1-9-4-6-15(7-5-9,14(18)21)19-13(20)10-2-3-11(16)12(17)8-10/h2-3,8-9H,4-7H2,1H3,(H2,18,21)(H,19,20). The van der Waals surface area contributed by atoms with Gasteiger partial charge >= 0.3 is 0 Å². The molecule has 1 aromatic carbocycles. The normalized spacial score (nSPS) is 25.4. The Balaban J connectivity index is 2.19. The minimum absolute atomic E-state index is 0.0585. The molecule has 1 fully saturated rings. The number of halogens is 2. The molecule has 114 valence electrons. The maximum atomic E-state index is 13.2. The lowest BCUT2D eigenvalue weighted by atomic mass is 9.77. The molecule has 1 saturated carbocycles. The lowest BCUT2D eigenvalue weighted by Gasteiger charge is -2.39. The smallest absolute Gasteiger partial charge is 0.252 e. The van der Waals surface area contributed by atoms with Crippen molar-refractivity contribution in [2.45, 2.75) is 38.1 Å². The second-order valence-electron chi connectivity index (χ2n) is 5.71. The Bertz CT molecular complexity index is 569. The van der Waals surface area contributed by atoms with Gasteiger partial charge in [0.05, 0.1) is 10.5 Å². The molecule has 2 rings (SSSR count). The maximum Gasteiger partial charge on any atom is 0.252 e. The first-order valence-electron chi connectivity index (χ1n) is 6.91. The second-order valence-corrected chi connectivity index (χ2v) is 6.15. The Morgan fingerprint density at radius 1 is 1.33 bits per heavy atom. The van der Waals surface area contributed by atoms with Gasteiger partial charge in [-0.1, -0.05) is 19.1 Å². The summed E-state index contributed by atoms with van der Waals surface area (Å²) in [6.45, 7) is 2.14. The molecule has 21 heavy (non-hydrogen) atoms. The highest BCUT2D eigenvalue weighted by atomic mass is 32.1. The lowest BCUT2D eigenvalue weighted by Crippen LogP contribution is -2.58. The molecular weight excluding hydrogens is 294 g/mol. The number of thiocarbonyl (C=S) groups is 1. The van der Waals surface area contributed by atoms with Crippen molar-refractivity contribution < 1.29 is 13.6 Å². The van der Waals surface area contributed by atoms with Crippen LogP contribution in [0, 0.1) is 17.6 Å². The van der Waals surface area contributed by atoms with Crippen molar-refractivity contribution in [1.82, 2.24) is 5.32 Å². The Kier molecular flexibility index (Phi) is 4.56. The van der Waals surface area contributed by atoms with E-state index in [4.69, 9.17) is 18.0 Å². The molecular formula is C15H18F2N2OS. The molecule has 0 heterocycles. The van der Waals surface area contributed by atoms with Crippen molar-refractivity contribution in [2.75, 3.05) is 0 Å². The summed E-state index contributed by atoms with van der Waals surface area (Å²) in [6, 6.07) is 3.05. The van der Waals surface area contributed by atoms with Crippen LogP contribution < -0.4 is 11.1 Å². The summed E-state index contributed by atoms with van der Waals surface area (Å²) >= 11 is 5.11. The number of carbonyl (C=O) groups is 1. The summed E-state index contributed by atoms with van der Waals surface area (Å²) in [5, 5.41) is 2.82. The Labute approximate surface area is 127 Å². The molecule has 1 aliphatic rings. The first-order valence-corrected chi connectivity index (χ1v) is 7.32. The number of amides is 1. The summed E-state index contributed by atoms with van der Waals surface area (Å²) < 4.78 is 26.1. The van der Waals surface area contributed by atoms with Crippen LogP contribution in [0.2, 0.25) is 0 Å². The topological polar surface area (TPSA) is 55.1 Å². The van der Waals surface area contributed by atoms with Gasteiger partial charge < -0.3 is 11.1 Å². The summed E-state index contributed by atoms with van der Waals surface area (Å²) in [4.78, 5) is 12.5. The van der Waals surface area contributed by atoms with E-state index in [2.05, 4.69) is 12.2 Å². The molecule has 1 aromatic rings. The maximum absolute atomic E-state index is 13.2. The second kappa shape index (κ2) is 6.05. The molecule has 0 atom stereocenters. The minimum Gasteiger partial charge on any atom is -0.391 e. The Morgan fingerprint density at radius 3 is 2.48 bits per heavy atom. The van der Waals surface area contributed by atoms with Crippen LogP contribution in [0.3, 0.4) is 0 Å². The zero-order valence-electron chi connectivity index (χ0n) is 11.8. The van der Waals surface area contributed by atoms with Crippen LogP contribution in [0.1, 0.15) is 43.0 Å². The van der Waals surface area contributed by atoms with Gasteiger partial charge in [0.15, 0.2) is 11.6 Å². The van der Waals surface area contributed by atoms with E-state index < -0.39 is 23.1 Å². The van der Waals surface area contributed by atoms with Gasteiger partial charge in [0, 0.05) is 5.56 Å². The van der Waals surface area contributed by atoms with Gasteiger partial charge in [-0.25, -0.2) is 8.78 Å². The summed E-state index contributed by atoms with van der Waals surface area (Å²) in [5.41, 5.74) is 5.14. The molecule has 0 spiro atoms. The number of benzene rings is 1. The molecule has 3 N–H and O–H groups in total. The van der Waals surface area contributed by atoms with Crippen molar-refractivity contribution in [3.05, 3.63) is 35.4 Å². The predicted molar refractivity (Wildman–Crippen MR) is 81.0 cm³/mol. The van der Waals surface area contributed by atoms with Crippen LogP contribution in [0.15, 0.2) is 18.2 Å². The highest BCUT2D eigenvalue weighted by Gasteiger charge is 2.38. The van der Waals surface area contributed by atoms with Crippen molar-refractivity contribution in [1.29, 1.82) is 0 Å². The van der Waals surface area contributed by atoms with Gasteiger partial charge in [0.1, 0.15) is 0 Å². The fourth-order valence-electron chi connectivity index (χ4n) is 2.61. The Hall–Kier alpha value is -1.56.